The molecule has 4 aromatic rings. The molecule has 5 nitrogen and oxygen atoms in total. The Morgan fingerprint density at radius 2 is 1.71 bits per heavy atom. The summed E-state index contributed by atoms with van der Waals surface area (Å²) in [6.45, 7) is 0. The van der Waals surface area contributed by atoms with Crippen molar-refractivity contribution in [3.8, 4) is 5.69 Å². The van der Waals surface area contributed by atoms with Gasteiger partial charge in [0.15, 0.2) is 5.65 Å². The summed E-state index contributed by atoms with van der Waals surface area (Å²) in [6, 6.07) is 10.3. The predicted octanol–water partition coefficient (Wildman–Crippen LogP) is 4.24. The van der Waals surface area contributed by atoms with E-state index in [9.17, 15) is 18.0 Å². The number of halogens is 3. The SMILES string of the molecule is CN(C)C(=O)c1ccc2c(c1)c1cn(C)nc1n2-c1ccc(C(F)(F)F)cc1. The third-order valence-corrected chi connectivity index (χ3v) is 4.65. The van der Waals surface area contributed by atoms with Gasteiger partial charge >= 0.3 is 6.18 Å². The van der Waals surface area contributed by atoms with Gasteiger partial charge in [-0.2, -0.15) is 18.3 Å². The molecule has 0 atom stereocenters. The van der Waals surface area contributed by atoms with Gasteiger partial charge in [0.2, 0.25) is 0 Å². The van der Waals surface area contributed by atoms with Crippen molar-refractivity contribution in [2.24, 2.45) is 7.05 Å². The molecule has 0 spiro atoms. The summed E-state index contributed by atoms with van der Waals surface area (Å²) in [5, 5.41) is 6.11. The number of hydrogen-bond acceptors (Lipinski definition) is 2. The van der Waals surface area contributed by atoms with Crippen molar-refractivity contribution in [3.05, 3.63) is 59.8 Å². The quantitative estimate of drug-likeness (QED) is 0.517. The number of carbonyl (C=O) groups is 1. The first-order valence-electron chi connectivity index (χ1n) is 8.54. The smallest absolute Gasteiger partial charge is 0.345 e. The molecule has 0 N–H and O–H groups in total. The van der Waals surface area contributed by atoms with Crippen molar-refractivity contribution in [1.82, 2.24) is 19.2 Å². The molecule has 28 heavy (non-hydrogen) atoms. The number of benzene rings is 2. The topological polar surface area (TPSA) is 43.1 Å². The highest BCUT2D eigenvalue weighted by Crippen LogP contribution is 2.34. The van der Waals surface area contributed by atoms with Crippen LogP contribution in [0.15, 0.2) is 48.7 Å². The van der Waals surface area contributed by atoms with Gasteiger partial charge in [-0.3, -0.25) is 14.0 Å². The fourth-order valence-electron chi connectivity index (χ4n) is 3.34. The zero-order valence-corrected chi connectivity index (χ0v) is 15.4. The molecule has 2 heterocycles. The maximum atomic E-state index is 12.9. The number of aromatic nitrogens is 3. The number of hydrogen-bond donors (Lipinski definition) is 0. The van der Waals surface area contributed by atoms with Crippen LogP contribution in [0.25, 0.3) is 27.6 Å². The summed E-state index contributed by atoms with van der Waals surface area (Å²) in [5.74, 6) is -0.124. The second kappa shape index (κ2) is 6.12. The van der Waals surface area contributed by atoms with Gasteiger partial charge in [0, 0.05) is 49.4 Å². The lowest BCUT2D eigenvalue weighted by molar-refractivity contribution is -0.137. The van der Waals surface area contributed by atoms with Crippen LogP contribution in [-0.2, 0) is 13.2 Å². The number of nitrogens with zero attached hydrogens (tertiary/aromatic N) is 4. The van der Waals surface area contributed by atoms with E-state index < -0.39 is 11.7 Å². The third-order valence-electron chi connectivity index (χ3n) is 4.65. The molecule has 0 aliphatic heterocycles. The number of aryl methyl sites for hydroxylation is 1. The number of fused-ring (bicyclic) bond motifs is 3. The van der Waals surface area contributed by atoms with Crippen LogP contribution in [-0.4, -0.2) is 39.3 Å². The lowest BCUT2D eigenvalue weighted by Gasteiger charge is -2.12. The fraction of sp³-hybridized carbons (Fsp3) is 0.200. The van der Waals surface area contributed by atoms with Gasteiger partial charge in [0.05, 0.1) is 11.1 Å². The number of amides is 1. The highest BCUT2D eigenvalue weighted by atomic mass is 19.4. The van der Waals surface area contributed by atoms with E-state index in [-0.39, 0.29) is 5.91 Å². The summed E-state index contributed by atoms with van der Waals surface area (Å²) in [4.78, 5) is 13.8. The Kier molecular flexibility index (Phi) is 3.95. The minimum Gasteiger partial charge on any atom is -0.345 e. The van der Waals surface area contributed by atoms with E-state index in [4.69, 9.17) is 0 Å². The van der Waals surface area contributed by atoms with Gasteiger partial charge in [-0.05, 0) is 42.5 Å². The zero-order chi connectivity index (χ0) is 20.2. The lowest BCUT2D eigenvalue weighted by atomic mass is 10.1. The molecule has 2 aromatic carbocycles. The lowest BCUT2D eigenvalue weighted by Crippen LogP contribution is -2.21. The Bertz CT molecular complexity index is 1200. The Hall–Kier alpha value is -3.29. The summed E-state index contributed by atoms with van der Waals surface area (Å²) in [6.07, 6.45) is -2.55. The van der Waals surface area contributed by atoms with E-state index in [1.807, 2.05) is 6.20 Å². The molecule has 4 rings (SSSR count). The molecule has 0 saturated heterocycles. The maximum absolute atomic E-state index is 12.9. The average Bonchev–Trinajstić information content (AvgIpc) is 3.14. The molecule has 8 heteroatoms. The van der Waals surface area contributed by atoms with Crippen LogP contribution >= 0.6 is 0 Å². The first-order valence-corrected chi connectivity index (χ1v) is 8.54. The largest absolute Gasteiger partial charge is 0.416 e. The van der Waals surface area contributed by atoms with Crippen molar-refractivity contribution in [2.45, 2.75) is 6.18 Å². The second-order valence-electron chi connectivity index (χ2n) is 6.85. The average molecular weight is 386 g/mol. The Morgan fingerprint density at radius 1 is 1.04 bits per heavy atom. The molecule has 144 valence electrons. The maximum Gasteiger partial charge on any atom is 0.416 e. The predicted molar refractivity (Wildman–Crippen MR) is 101 cm³/mol. The van der Waals surface area contributed by atoms with Crippen LogP contribution in [0.4, 0.5) is 13.2 Å². The van der Waals surface area contributed by atoms with Gasteiger partial charge in [-0.15, -0.1) is 0 Å². The monoisotopic (exact) mass is 386 g/mol. The third kappa shape index (κ3) is 2.81. The molecule has 0 saturated carbocycles. The first kappa shape index (κ1) is 18.1. The van der Waals surface area contributed by atoms with E-state index in [0.29, 0.717) is 16.9 Å². The van der Waals surface area contributed by atoms with Crippen molar-refractivity contribution < 1.29 is 18.0 Å². The van der Waals surface area contributed by atoms with Gasteiger partial charge in [0.1, 0.15) is 0 Å². The van der Waals surface area contributed by atoms with Crippen LogP contribution in [0.5, 0.6) is 0 Å². The van der Waals surface area contributed by atoms with Crippen LogP contribution in [0.3, 0.4) is 0 Å². The molecular formula is C20H17F3N4O. The molecule has 1 amide bonds. The van der Waals surface area contributed by atoms with E-state index in [1.165, 1.54) is 17.0 Å². The Labute approximate surface area is 158 Å². The van der Waals surface area contributed by atoms with Crippen molar-refractivity contribution >= 4 is 27.8 Å². The van der Waals surface area contributed by atoms with E-state index in [1.54, 1.807) is 48.6 Å². The van der Waals surface area contributed by atoms with Crippen molar-refractivity contribution in [1.29, 1.82) is 0 Å². The standard InChI is InChI=1S/C20H17F3N4O/c1-25(2)19(28)12-4-9-17-15(10-12)16-11-26(3)24-18(16)27(17)14-7-5-13(6-8-14)20(21,22)23/h4-11H,1-3H3. The second-order valence-corrected chi connectivity index (χ2v) is 6.85. The minimum absolute atomic E-state index is 0.124. The van der Waals surface area contributed by atoms with Gasteiger partial charge in [0.25, 0.3) is 5.91 Å². The molecule has 0 fully saturated rings. The van der Waals surface area contributed by atoms with Crippen molar-refractivity contribution in [2.75, 3.05) is 14.1 Å². The summed E-state index contributed by atoms with van der Waals surface area (Å²) < 4.78 is 42.1. The zero-order valence-electron chi connectivity index (χ0n) is 15.4. The van der Waals surface area contributed by atoms with Crippen LogP contribution in [0.2, 0.25) is 0 Å². The minimum atomic E-state index is -4.39. The number of rotatable bonds is 2. The fourth-order valence-corrected chi connectivity index (χ4v) is 3.34. The number of alkyl halides is 3. The first-order chi connectivity index (χ1) is 13.2. The molecule has 2 aromatic heterocycles. The molecule has 0 bridgehead atoms. The Morgan fingerprint density at radius 3 is 2.32 bits per heavy atom. The summed E-state index contributed by atoms with van der Waals surface area (Å²) in [7, 11) is 5.14. The van der Waals surface area contributed by atoms with E-state index >= 15 is 0 Å². The van der Waals surface area contributed by atoms with E-state index in [2.05, 4.69) is 5.10 Å². The molecular weight excluding hydrogens is 369 g/mol. The van der Waals surface area contributed by atoms with Crippen LogP contribution in [0.1, 0.15) is 15.9 Å². The molecule has 0 aliphatic carbocycles. The van der Waals surface area contributed by atoms with Crippen molar-refractivity contribution in [3.63, 3.8) is 0 Å². The van der Waals surface area contributed by atoms with Gasteiger partial charge in [-0.25, -0.2) is 0 Å². The molecule has 0 radical (unpaired) electrons. The molecule has 0 unspecified atom stereocenters. The van der Waals surface area contributed by atoms with Crippen LogP contribution in [0, 0.1) is 0 Å². The highest BCUT2D eigenvalue weighted by molar-refractivity contribution is 6.10. The van der Waals surface area contributed by atoms with Gasteiger partial charge < -0.3 is 4.90 Å². The molecule has 0 aliphatic rings. The van der Waals surface area contributed by atoms with E-state index in [0.717, 1.165) is 28.4 Å². The van der Waals surface area contributed by atoms with Gasteiger partial charge in [-0.1, -0.05) is 0 Å². The highest BCUT2D eigenvalue weighted by Gasteiger charge is 2.30. The summed E-state index contributed by atoms with van der Waals surface area (Å²) in [5.41, 5.74) is 1.79. The Balaban J connectivity index is 1.96. The van der Waals surface area contributed by atoms with Crippen LogP contribution < -0.4 is 0 Å². The normalized spacial score (nSPS) is 12.1. The number of carbonyl (C=O) groups excluding carboxylic acids is 1. The summed E-state index contributed by atoms with van der Waals surface area (Å²) >= 11 is 0.